The van der Waals surface area contributed by atoms with Crippen LogP contribution in [0.1, 0.15) is 32.3 Å². The van der Waals surface area contributed by atoms with Crippen molar-refractivity contribution in [3.05, 3.63) is 28.5 Å². The zero-order valence-electron chi connectivity index (χ0n) is 12.4. The summed E-state index contributed by atoms with van der Waals surface area (Å²) in [6.07, 6.45) is 1.92. The lowest BCUT2D eigenvalue weighted by molar-refractivity contribution is -0.130. The van der Waals surface area contributed by atoms with E-state index < -0.39 is 0 Å². The molecule has 1 saturated heterocycles. The Kier molecular flexibility index (Phi) is 3.60. The van der Waals surface area contributed by atoms with Gasteiger partial charge in [0.2, 0.25) is 5.91 Å². The van der Waals surface area contributed by atoms with E-state index in [1.54, 1.807) is 19.1 Å². The van der Waals surface area contributed by atoms with E-state index in [4.69, 9.17) is 11.6 Å². The average Bonchev–Trinajstić information content (AvgIpc) is 2.78. The van der Waals surface area contributed by atoms with E-state index in [1.807, 2.05) is 4.90 Å². The second-order valence-corrected chi connectivity index (χ2v) is 6.77. The first-order valence-corrected chi connectivity index (χ1v) is 7.78. The minimum Gasteiger partial charge on any atom is -0.384 e. The van der Waals surface area contributed by atoms with Gasteiger partial charge in [0.15, 0.2) is 0 Å². The Labute approximate surface area is 129 Å². The van der Waals surface area contributed by atoms with Crippen LogP contribution >= 0.6 is 11.6 Å². The summed E-state index contributed by atoms with van der Waals surface area (Å²) in [4.78, 5) is 13.3. The van der Waals surface area contributed by atoms with Crippen LogP contribution in [0.15, 0.2) is 12.1 Å². The highest BCUT2D eigenvalue weighted by molar-refractivity contribution is 6.31. The van der Waals surface area contributed by atoms with Crippen molar-refractivity contribution in [1.29, 1.82) is 0 Å². The first-order chi connectivity index (χ1) is 9.91. The van der Waals surface area contributed by atoms with Crippen LogP contribution in [0, 0.1) is 11.7 Å². The number of halogens is 2. The standard InChI is InChI=1S/C16H20ClFN2O/c1-10(21)20-5-3-11(4-6-20)16(2)9-19-15-8-13(17)14(18)7-12(15)16/h7-8,11,19H,3-6,9H2,1-2H3. The van der Waals surface area contributed by atoms with Crippen molar-refractivity contribution in [3.8, 4) is 0 Å². The second-order valence-electron chi connectivity index (χ2n) is 6.36. The van der Waals surface area contributed by atoms with Crippen LogP contribution in [0.5, 0.6) is 0 Å². The van der Waals surface area contributed by atoms with Crippen molar-refractivity contribution in [2.45, 2.75) is 32.1 Å². The van der Waals surface area contributed by atoms with Crippen molar-refractivity contribution in [2.75, 3.05) is 25.0 Å². The van der Waals surface area contributed by atoms with Gasteiger partial charge in [-0.2, -0.15) is 0 Å². The molecule has 114 valence electrons. The highest BCUT2D eigenvalue weighted by Gasteiger charge is 2.43. The Balaban J connectivity index is 1.85. The Hall–Kier alpha value is -1.29. The van der Waals surface area contributed by atoms with Gasteiger partial charge in [0.05, 0.1) is 5.02 Å². The molecule has 1 aromatic carbocycles. The van der Waals surface area contributed by atoms with Crippen molar-refractivity contribution in [2.24, 2.45) is 5.92 Å². The Morgan fingerprint density at radius 2 is 2.10 bits per heavy atom. The predicted octanol–water partition coefficient (Wildman–Crippen LogP) is 3.42. The second kappa shape index (κ2) is 5.16. The lowest BCUT2D eigenvalue weighted by Crippen LogP contribution is -2.44. The molecule has 0 spiro atoms. The summed E-state index contributed by atoms with van der Waals surface area (Å²) in [6.45, 7) is 6.19. The van der Waals surface area contributed by atoms with Gasteiger partial charge in [-0.1, -0.05) is 18.5 Å². The molecule has 1 amide bonds. The highest BCUT2D eigenvalue weighted by atomic mass is 35.5. The Morgan fingerprint density at radius 3 is 2.71 bits per heavy atom. The molecule has 1 aromatic rings. The number of amides is 1. The lowest BCUT2D eigenvalue weighted by Gasteiger charge is -2.40. The van der Waals surface area contributed by atoms with Crippen LogP contribution in [0.4, 0.5) is 10.1 Å². The summed E-state index contributed by atoms with van der Waals surface area (Å²) >= 11 is 5.87. The SMILES string of the molecule is CC(=O)N1CCC(C2(C)CNc3cc(Cl)c(F)cc32)CC1. The van der Waals surface area contributed by atoms with E-state index in [9.17, 15) is 9.18 Å². The topological polar surface area (TPSA) is 32.3 Å². The quantitative estimate of drug-likeness (QED) is 0.862. The average molecular weight is 311 g/mol. The number of benzene rings is 1. The zero-order valence-corrected chi connectivity index (χ0v) is 13.1. The zero-order chi connectivity index (χ0) is 15.2. The molecule has 21 heavy (non-hydrogen) atoms. The maximum absolute atomic E-state index is 13.8. The fourth-order valence-electron chi connectivity index (χ4n) is 3.74. The fourth-order valence-corrected chi connectivity index (χ4v) is 3.90. The number of hydrogen-bond acceptors (Lipinski definition) is 2. The molecule has 0 radical (unpaired) electrons. The Bertz CT molecular complexity index is 584. The number of anilines is 1. The number of nitrogens with zero attached hydrogens (tertiary/aromatic N) is 1. The number of piperidine rings is 1. The molecular formula is C16H20ClFN2O. The molecule has 2 aliphatic rings. The smallest absolute Gasteiger partial charge is 0.219 e. The van der Waals surface area contributed by atoms with Crippen LogP contribution in [0.3, 0.4) is 0 Å². The molecule has 0 aromatic heterocycles. The van der Waals surface area contributed by atoms with Gasteiger partial charge in [0, 0.05) is 37.7 Å². The van der Waals surface area contributed by atoms with Crippen molar-refractivity contribution in [3.63, 3.8) is 0 Å². The molecule has 2 heterocycles. The summed E-state index contributed by atoms with van der Waals surface area (Å²) in [6, 6.07) is 3.26. The summed E-state index contributed by atoms with van der Waals surface area (Å²) in [5.74, 6) is 0.232. The number of nitrogens with one attached hydrogen (secondary N) is 1. The molecule has 1 fully saturated rings. The third kappa shape index (κ3) is 2.39. The van der Waals surface area contributed by atoms with Gasteiger partial charge in [0.25, 0.3) is 0 Å². The summed E-state index contributed by atoms with van der Waals surface area (Å²) in [5.41, 5.74) is 1.87. The molecule has 0 saturated carbocycles. The monoisotopic (exact) mass is 310 g/mol. The Morgan fingerprint density at radius 1 is 1.43 bits per heavy atom. The summed E-state index contributed by atoms with van der Waals surface area (Å²) in [5, 5.41) is 3.52. The predicted molar refractivity (Wildman–Crippen MR) is 82.2 cm³/mol. The number of carbonyl (C=O) groups is 1. The lowest BCUT2D eigenvalue weighted by atomic mass is 9.69. The van der Waals surface area contributed by atoms with E-state index in [-0.39, 0.29) is 22.2 Å². The highest BCUT2D eigenvalue weighted by Crippen LogP contribution is 2.46. The number of hydrogen-bond donors (Lipinski definition) is 1. The van der Waals surface area contributed by atoms with Crippen LogP contribution < -0.4 is 5.32 Å². The third-order valence-electron chi connectivity index (χ3n) is 5.16. The van der Waals surface area contributed by atoms with Gasteiger partial charge in [-0.15, -0.1) is 0 Å². The van der Waals surface area contributed by atoms with Crippen LogP contribution in [-0.4, -0.2) is 30.4 Å². The number of rotatable bonds is 1. The molecule has 1 N–H and O–H groups in total. The van der Waals surface area contributed by atoms with Crippen LogP contribution in [0.25, 0.3) is 0 Å². The maximum atomic E-state index is 13.8. The first-order valence-electron chi connectivity index (χ1n) is 7.41. The number of carbonyl (C=O) groups excluding carboxylic acids is 1. The third-order valence-corrected chi connectivity index (χ3v) is 5.45. The van der Waals surface area contributed by atoms with Crippen LogP contribution in [0.2, 0.25) is 5.02 Å². The van der Waals surface area contributed by atoms with Gasteiger partial charge in [-0.05, 0) is 36.5 Å². The van der Waals surface area contributed by atoms with Gasteiger partial charge >= 0.3 is 0 Å². The molecule has 5 heteroatoms. The molecule has 0 bridgehead atoms. The van der Waals surface area contributed by atoms with Crippen molar-refractivity contribution >= 4 is 23.2 Å². The molecule has 0 aliphatic carbocycles. The largest absolute Gasteiger partial charge is 0.384 e. The molecule has 2 aliphatic heterocycles. The molecule has 3 rings (SSSR count). The van der Waals surface area contributed by atoms with Crippen molar-refractivity contribution < 1.29 is 9.18 Å². The van der Waals surface area contributed by atoms with Gasteiger partial charge in [0.1, 0.15) is 5.82 Å². The van der Waals surface area contributed by atoms with E-state index in [2.05, 4.69) is 12.2 Å². The van der Waals surface area contributed by atoms with E-state index in [1.165, 1.54) is 0 Å². The number of likely N-dealkylation sites (tertiary alicyclic amines) is 1. The summed E-state index contributed by atoms with van der Waals surface area (Å²) in [7, 11) is 0. The van der Waals surface area contributed by atoms with Crippen LogP contribution in [-0.2, 0) is 10.2 Å². The van der Waals surface area contributed by atoms with Crippen molar-refractivity contribution in [1.82, 2.24) is 4.90 Å². The molecule has 3 nitrogen and oxygen atoms in total. The first kappa shape index (κ1) is 14.6. The van der Waals surface area contributed by atoms with Gasteiger partial charge in [-0.25, -0.2) is 4.39 Å². The minimum absolute atomic E-state index is 0.0936. The van der Waals surface area contributed by atoms with Gasteiger partial charge < -0.3 is 10.2 Å². The minimum atomic E-state index is -0.355. The summed E-state index contributed by atoms with van der Waals surface area (Å²) < 4.78 is 13.8. The molecule has 1 atom stereocenters. The normalized spacial score (nSPS) is 25.6. The molecule has 1 unspecified atom stereocenters. The van der Waals surface area contributed by atoms with E-state index in [0.29, 0.717) is 5.92 Å². The fraction of sp³-hybridized carbons (Fsp3) is 0.562. The maximum Gasteiger partial charge on any atom is 0.219 e. The van der Waals surface area contributed by atoms with E-state index >= 15 is 0 Å². The van der Waals surface area contributed by atoms with E-state index in [0.717, 1.165) is 43.7 Å². The number of fused-ring (bicyclic) bond motifs is 1. The van der Waals surface area contributed by atoms with Gasteiger partial charge in [-0.3, -0.25) is 4.79 Å². The molecular weight excluding hydrogens is 291 g/mol.